The van der Waals surface area contributed by atoms with Crippen LogP contribution in [0.5, 0.6) is 0 Å². The van der Waals surface area contributed by atoms with Gasteiger partial charge in [0.15, 0.2) is 0 Å². The number of rotatable bonds is 20. The van der Waals surface area contributed by atoms with Gasteiger partial charge in [0.05, 0.1) is 112 Å². The standard InChI is InChI=1S/C96H78N20/c1-9-55-67-39-97-47-105-75(67)21-29-83(55)113(84-30-22-76-68(56(84)10-2)40-98-48-106-76)91-37-92(114(85-31-23-77-69(57(85)11-3)41-99-49-107-77)86-32-24-78-70(58(86)12-4)42-100-50-108-78)64-19-20-66-94(116(89-35-27-81-73(61(89)15-7)45-103-53-111-81)90-36-28-82-74(62(90)16-8)46-104-54-112-82)38-93(65-18-17-63(91)95(64)96(65)66)115(87-33-25-79-71(59(87)13-5)43-101-51-109-79)88-34-26-80-72(60(88)14-6)44-102-52-110-80/h17-54H,9-16H2,1-8H3. The molecule has 12 aromatic carbocycles. The molecule has 0 atom stereocenters. The van der Waals surface area contributed by atoms with Crippen molar-refractivity contribution in [2.75, 3.05) is 19.6 Å². The minimum absolute atomic E-state index is 0.651. The summed E-state index contributed by atoms with van der Waals surface area (Å²) in [6.45, 7) is 17.9. The molecule has 20 aromatic rings. The number of aromatic nitrogens is 16. The molecule has 0 aliphatic carbocycles. The molecule has 8 heterocycles. The van der Waals surface area contributed by atoms with Crippen LogP contribution >= 0.6 is 0 Å². The maximum Gasteiger partial charge on any atom is 0.116 e. The van der Waals surface area contributed by atoms with Crippen molar-refractivity contribution in [2.45, 2.75) is 107 Å². The SMILES string of the molecule is CCc1c(N(c2ccc3ncncc3c2CC)c2cc(N(c3ccc4ncncc4c3CC)c3ccc4ncncc4c3CC)c3ccc4c(N(c5ccc6ncncc6c5CC)c5ccc6ncncc6c5CC)cc(N(c5ccc6ncncc6c5CC)c5ccc6ncncc6c5CC)c5ccc2c3c54)ccc2ncncc12. The van der Waals surface area contributed by atoms with E-state index in [4.69, 9.17) is 79.7 Å². The molecule has 20 nitrogen and oxygen atoms in total. The van der Waals surface area contributed by atoms with Gasteiger partial charge in [0.1, 0.15) is 50.6 Å². The summed E-state index contributed by atoms with van der Waals surface area (Å²) in [4.78, 5) is 87.6. The lowest BCUT2D eigenvalue weighted by Crippen LogP contribution is -2.19. The monoisotopic (exact) mass is 1510 g/mol. The van der Waals surface area contributed by atoms with E-state index >= 15 is 0 Å². The van der Waals surface area contributed by atoms with Crippen LogP contribution in [0.3, 0.4) is 0 Å². The lowest BCUT2D eigenvalue weighted by Gasteiger charge is -2.37. The number of nitrogens with zero attached hydrogens (tertiary/aromatic N) is 20. The summed E-state index contributed by atoms with van der Waals surface area (Å²) in [5.41, 5.74) is 27.0. The number of hydrogen-bond donors (Lipinski definition) is 0. The van der Waals surface area contributed by atoms with Crippen molar-refractivity contribution in [3.8, 4) is 0 Å². The Labute approximate surface area is 668 Å². The third kappa shape index (κ3) is 11.1. The maximum atomic E-state index is 4.93. The molecule has 0 radical (unpaired) electrons. The highest BCUT2D eigenvalue weighted by Gasteiger charge is 2.35. The molecule has 0 aliphatic rings. The molecule has 8 aromatic heterocycles. The Balaban J connectivity index is 1.05. The highest BCUT2D eigenvalue weighted by Crippen LogP contribution is 2.59. The van der Waals surface area contributed by atoms with Crippen molar-refractivity contribution in [3.05, 3.63) is 278 Å². The molecule has 0 spiro atoms. The Hall–Kier alpha value is -14.4. The van der Waals surface area contributed by atoms with E-state index in [0.717, 1.165) is 232 Å². The van der Waals surface area contributed by atoms with E-state index < -0.39 is 0 Å². The lowest BCUT2D eigenvalue weighted by molar-refractivity contribution is 1.09. The quantitative estimate of drug-likeness (QED) is 0.0648. The molecule has 20 rings (SSSR count). The average molecular weight is 1510 g/mol. The predicted molar refractivity (Wildman–Crippen MR) is 469 cm³/mol. The number of anilines is 12. The van der Waals surface area contributed by atoms with Crippen molar-refractivity contribution < 1.29 is 0 Å². The fraction of sp³-hybridized carbons (Fsp3) is 0.167. The van der Waals surface area contributed by atoms with Crippen molar-refractivity contribution in [1.29, 1.82) is 0 Å². The zero-order valence-electron chi connectivity index (χ0n) is 65.5. The normalized spacial score (nSPS) is 11.9. The average Bonchev–Trinajstić information content (AvgIpc) is 0.692. The molecule has 116 heavy (non-hydrogen) atoms. The fourth-order valence-electron chi connectivity index (χ4n) is 18.7. The zero-order chi connectivity index (χ0) is 78.4. The Morgan fingerprint density at radius 2 is 0.319 bits per heavy atom. The Morgan fingerprint density at radius 3 is 0.457 bits per heavy atom. The zero-order valence-corrected chi connectivity index (χ0v) is 65.5. The topological polar surface area (TPSA) is 219 Å². The molecule has 0 saturated heterocycles. The Morgan fingerprint density at radius 1 is 0.172 bits per heavy atom. The first-order chi connectivity index (χ1) is 57.3. The summed E-state index contributed by atoms with van der Waals surface area (Å²) in [5, 5.41) is 13.7. The molecule has 0 saturated carbocycles. The fourth-order valence-corrected chi connectivity index (χ4v) is 18.7. The van der Waals surface area contributed by atoms with Crippen LogP contribution in [0.1, 0.15) is 99.9 Å². The summed E-state index contributed by atoms with van der Waals surface area (Å²) < 4.78 is 0. The Kier molecular flexibility index (Phi) is 17.7. The minimum Gasteiger partial charge on any atom is -0.309 e. The molecule has 20 heteroatoms. The molecule has 0 N–H and O–H groups in total. The van der Waals surface area contributed by atoms with Crippen LogP contribution in [0.15, 0.2) is 234 Å². The van der Waals surface area contributed by atoms with Gasteiger partial charge in [0.2, 0.25) is 0 Å². The number of fused-ring (bicyclic) bond motifs is 8. The largest absolute Gasteiger partial charge is 0.309 e. The first-order valence-corrected chi connectivity index (χ1v) is 40.0. The first kappa shape index (κ1) is 70.7. The van der Waals surface area contributed by atoms with E-state index in [1.54, 1.807) is 50.6 Å². The van der Waals surface area contributed by atoms with Gasteiger partial charge < -0.3 is 19.6 Å². The molecule has 562 valence electrons. The second-order valence-corrected chi connectivity index (χ2v) is 29.2. The smallest absolute Gasteiger partial charge is 0.116 e. The Bertz CT molecular complexity index is 6150. The van der Waals surface area contributed by atoms with Gasteiger partial charge in [-0.3, -0.25) is 0 Å². The second-order valence-electron chi connectivity index (χ2n) is 29.2. The minimum atomic E-state index is 0.651. The highest BCUT2D eigenvalue weighted by atomic mass is 15.2. The number of benzene rings is 12. The van der Waals surface area contributed by atoms with Crippen LogP contribution in [0, 0.1) is 0 Å². The van der Waals surface area contributed by atoms with Crippen LogP contribution in [0.4, 0.5) is 68.2 Å². The second kappa shape index (κ2) is 29.0. The van der Waals surface area contributed by atoms with Crippen LogP contribution in [0.25, 0.3) is 120 Å². The van der Waals surface area contributed by atoms with Crippen LogP contribution in [0.2, 0.25) is 0 Å². The molecular formula is C96H78N20. The summed E-state index contributed by atoms with van der Waals surface area (Å²) in [5.74, 6) is 0. The number of hydrogen-bond acceptors (Lipinski definition) is 20. The molecule has 0 amide bonds. The summed E-state index contributed by atoms with van der Waals surface area (Å²) >= 11 is 0. The third-order valence-electron chi connectivity index (χ3n) is 23.7. The highest BCUT2D eigenvalue weighted by molar-refractivity contribution is 6.33. The van der Waals surface area contributed by atoms with E-state index in [0.29, 0.717) is 51.4 Å². The van der Waals surface area contributed by atoms with Gasteiger partial charge in [0, 0.05) is 125 Å². The first-order valence-electron chi connectivity index (χ1n) is 40.0. The van der Waals surface area contributed by atoms with Crippen LogP contribution in [-0.2, 0) is 51.4 Å². The van der Waals surface area contributed by atoms with E-state index in [9.17, 15) is 0 Å². The lowest BCUT2D eigenvalue weighted by atomic mass is 9.87. The number of aryl methyl sites for hydroxylation is 8. The van der Waals surface area contributed by atoms with Gasteiger partial charge in [-0.2, -0.15) is 0 Å². The van der Waals surface area contributed by atoms with Crippen molar-refractivity contribution in [3.63, 3.8) is 0 Å². The third-order valence-corrected chi connectivity index (χ3v) is 23.7. The van der Waals surface area contributed by atoms with Crippen LogP contribution in [-0.4, -0.2) is 79.7 Å². The predicted octanol–water partition coefficient (Wildman–Crippen LogP) is 22.5. The van der Waals surface area contributed by atoms with Gasteiger partial charge in [-0.15, -0.1) is 0 Å². The summed E-state index contributed by atoms with van der Waals surface area (Å²) in [6, 6.07) is 49.7. The molecule has 0 fully saturated rings. The van der Waals surface area contributed by atoms with Gasteiger partial charge in [-0.25, -0.2) is 79.7 Å². The van der Waals surface area contributed by atoms with Gasteiger partial charge in [-0.05, 0) is 205 Å². The molecular weight excluding hydrogens is 1430 g/mol. The molecule has 0 unspecified atom stereocenters. The van der Waals surface area contributed by atoms with E-state index in [-0.39, 0.29) is 0 Å². The van der Waals surface area contributed by atoms with Gasteiger partial charge >= 0.3 is 0 Å². The summed E-state index contributed by atoms with van der Waals surface area (Å²) in [6.07, 6.45) is 34.1. The van der Waals surface area contributed by atoms with Gasteiger partial charge in [-0.1, -0.05) is 79.7 Å². The van der Waals surface area contributed by atoms with Crippen LogP contribution < -0.4 is 19.6 Å². The van der Waals surface area contributed by atoms with Crippen molar-refractivity contribution in [1.82, 2.24) is 79.7 Å². The van der Waals surface area contributed by atoms with E-state index in [2.05, 4.69) is 208 Å². The van der Waals surface area contributed by atoms with Crippen molar-refractivity contribution >= 4 is 188 Å². The van der Waals surface area contributed by atoms with E-state index in [1.165, 1.54) is 0 Å². The van der Waals surface area contributed by atoms with Gasteiger partial charge in [0.25, 0.3) is 0 Å². The maximum absolute atomic E-state index is 4.93. The molecule has 0 bridgehead atoms. The molecule has 0 aliphatic heterocycles. The van der Waals surface area contributed by atoms with Crippen molar-refractivity contribution in [2.24, 2.45) is 0 Å². The summed E-state index contributed by atoms with van der Waals surface area (Å²) in [7, 11) is 0. The van der Waals surface area contributed by atoms with E-state index in [1.807, 2.05) is 49.6 Å².